The number of carbonyl (C=O) groups is 2. The summed E-state index contributed by atoms with van der Waals surface area (Å²) in [5, 5.41) is 6.25. The van der Waals surface area contributed by atoms with Crippen molar-refractivity contribution >= 4 is 33.4 Å². The number of carbonyl (C=O) groups excluding carboxylic acids is 2. The van der Waals surface area contributed by atoms with E-state index in [0.717, 1.165) is 25.7 Å². The van der Waals surface area contributed by atoms with Crippen molar-refractivity contribution in [2.24, 2.45) is 5.92 Å². The summed E-state index contributed by atoms with van der Waals surface area (Å²) in [4.78, 5) is 24.6. The summed E-state index contributed by atoms with van der Waals surface area (Å²) in [6.07, 6.45) is 5.84. The van der Waals surface area contributed by atoms with Gasteiger partial charge in [0.2, 0.25) is 21.8 Å². The van der Waals surface area contributed by atoms with Crippen molar-refractivity contribution in [3.05, 3.63) is 29.3 Å². The molecule has 2 amide bonds. The lowest BCUT2D eigenvalue weighted by Crippen LogP contribution is -2.46. The third-order valence-corrected chi connectivity index (χ3v) is 7.71. The Balaban J connectivity index is 1.48. The summed E-state index contributed by atoms with van der Waals surface area (Å²) < 4.78 is 27.0. The van der Waals surface area contributed by atoms with Crippen LogP contribution in [-0.2, 0) is 19.6 Å². The Labute approximate surface area is 177 Å². The molecule has 0 bridgehead atoms. The molecule has 1 atom stereocenters. The van der Waals surface area contributed by atoms with Crippen LogP contribution in [0.25, 0.3) is 0 Å². The van der Waals surface area contributed by atoms with Crippen LogP contribution in [0.2, 0.25) is 5.02 Å². The van der Waals surface area contributed by atoms with E-state index in [9.17, 15) is 18.0 Å². The highest BCUT2D eigenvalue weighted by Gasteiger charge is 2.33. The van der Waals surface area contributed by atoms with Gasteiger partial charge < -0.3 is 10.6 Å². The van der Waals surface area contributed by atoms with Gasteiger partial charge in [-0.05, 0) is 49.9 Å². The van der Waals surface area contributed by atoms with E-state index in [4.69, 9.17) is 11.6 Å². The average Bonchev–Trinajstić information content (AvgIpc) is 3.21. The number of nitrogens with one attached hydrogen (secondary N) is 2. The Bertz CT molecular complexity index is 823. The van der Waals surface area contributed by atoms with Gasteiger partial charge in [0, 0.05) is 37.1 Å². The first kappa shape index (κ1) is 22.1. The van der Waals surface area contributed by atoms with E-state index in [-0.39, 0.29) is 42.3 Å². The van der Waals surface area contributed by atoms with E-state index in [1.165, 1.54) is 16.4 Å². The zero-order valence-corrected chi connectivity index (χ0v) is 18.0. The number of piperidine rings is 1. The van der Waals surface area contributed by atoms with Crippen molar-refractivity contribution in [2.75, 3.05) is 19.6 Å². The van der Waals surface area contributed by atoms with E-state index in [1.54, 1.807) is 12.1 Å². The van der Waals surface area contributed by atoms with Gasteiger partial charge in [0.1, 0.15) is 0 Å². The van der Waals surface area contributed by atoms with Crippen LogP contribution in [0.4, 0.5) is 0 Å². The van der Waals surface area contributed by atoms with E-state index in [2.05, 4.69) is 10.6 Å². The SMILES string of the molecule is O=C(CCNC(=O)C1CCCN(S(=O)(=O)c2ccc(Cl)cc2)C1)NC1CCCC1. The normalized spacial score (nSPS) is 21.1. The Morgan fingerprint density at radius 1 is 1.07 bits per heavy atom. The Morgan fingerprint density at radius 3 is 2.45 bits per heavy atom. The van der Waals surface area contributed by atoms with Crippen LogP contribution >= 0.6 is 11.6 Å². The fraction of sp³-hybridized carbons (Fsp3) is 0.600. The van der Waals surface area contributed by atoms with E-state index in [1.807, 2.05) is 0 Å². The van der Waals surface area contributed by atoms with E-state index >= 15 is 0 Å². The molecule has 2 fully saturated rings. The summed E-state index contributed by atoms with van der Waals surface area (Å²) >= 11 is 5.84. The van der Waals surface area contributed by atoms with Crippen LogP contribution in [-0.4, -0.2) is 50.2 Å². The van der Waals surface area contributed by atoms with Gasteiger partial charge in [-0.2, -0.15) is 4.31 Å². The molecule has 0 spiro atoms. The second-order valence-corrected chi connectivity index (χ2v) is 10.1. The van der Waals surface area contributed by atoms with Gasteiger partial charge in [0.25, 0.3) is 0 Å². The number of hydrogen-bond acceptors (Lipinski definition) is 4. The molecule has 1 aromatic carbocycles. The first-order valence-electron chi connectivity index (χ1n) is 10.2. The van der Waals surface area contributed by atoms with Gasteiger partial charge in [-0.25, -0.2) is 8.42 Å². The molecule has 7 nitrogen and oxygen atoms in total. The van der Waals surface area contributed by atoms with Crippen LogP contribution in [0.15, 0.2) is 29.2 Å². The summed E-state index contributed by atoms with van der Waals surface area (Å²) in [6.45, 7) is 0.793. The van der Waals surface area contributed by atoms with Gasteiger partial charge in [-0.1, -0.05) is 24.4 Å². The molecule has 2 aliphatic rings. The van der Waals surface area contributed by atoms with Gasteiger partial charge >= 0.3 is 0 Å². The maximum Gasteiger partial charge on any atom is 0.243 e. The molecule has 1 heterocycles. The molecule has 1 unspecified atom stereocenters. The summed E-state index contributed by atoms with van der Waals surface area (Å²) in [5.74, 6) is -0.661. The third-order valence-electron chi connectivity index (χ3n) is 5.58. The quantitative estimate of drug-likeness (QED) is 0.678. The first-order valence-corrected chi connectivity index (χ1v) is 12.0. The standard InChI is InChI=1S/C20H28ClN3O4S/c21-16-7-9-18(10-8-16)29(27,28)24-13-3-4-15(14-24)20(26)22-12-11-19(25)23-17-5-1-2-6-17/h7-10,15,17H,1-6,11-14H2,(H,22,26)(H,23,25). The lowest BCUT2D eigenvalue weighted by atomic mass is 9.99. The molecule has 1 saturated carbocycles. The van der Waals surface area contributed by atoms with E-state index in [0.29, 0.717) is 24.4 Å². The van der Waals surface area contributed by atoms with Crippen molar-refractivity contribution < 1.29 is 18.0 Å². The minimum Gasteiger partial charge on any atom is -0.355 e. The number of hydrogen-bond donors (Lipinski definition) is 2. The second-order valence-electron chi connectivity index (χ2n) is 7.75. The van der Waals surface area contributed by atoms with E-state index < -0.39 is 15.9 Å². The molecule has 0 radical (unpaired) electrons. The van der Waals surface area contributed by atoms with Crippen molar-refractivity contribution in [3.8, 4) is 0 Å². The molecule has 1 aromatic rings. The summed E-state index contributed by atoms with van der Waals surface area (Å²) in [6, 6.07) is 6.30. The van der Waals surface area contributed by atoms with Gasteiger partial charge in [-0.15, -0.1) is 0 Å². The Kier molecular flexibility index (Phi) is 7.54. The monoisotopic (exact) mass is 441 g/mol. The minimum absolute atomic E-state index is 0.0483. The van der Waals surface area contributed by atoms with Gasteiger partial charge in [-0.3, -0.25) is 9.59 Å². The zero-order chi connectivity index (χ0) is 20.9. The molecule has 2 N–H and O–H groups in total. The number of benzene rings is 1. The molecule has 1 aliphatic carbocycles. The molecular weight excluding hydrogens is 414 g/mol. The van der Waals surface area contributed by atoms with Crippen LogP contribution < -0.4 is 10.6 Å². The molecule has 3 rings (SSSR count). The van der Waals surface area contributed by atoms with Gasteiger partial charge in [0.05, 0.1) is 10.8 Å². The molecule has 9 heteroatoms. The highest BCUT2D eigenvalue weighted by atomic mass is 35.5. The molecule has 29 heavy (non-hydrogen) atoms. The summed E-state index contributed by atoms with van der Waals surface area (Å²) in [7, 11) is -3.66. The Morgan fingerprint density at radius 2 is 1.76 bits per heavy atom. The topological polar surface area (TPSA) is 95.6 Å². The molecule has 0 aromatic heterocycles. The van der Waals surface area contributed by atoms with Crippen molar-refractivity contribution in [1.29, 1.82) is 0 Å². The smallest absolute Gasteiger partial charge is 0.243 e. The largest absolute Gasteiger partial charge is 0.355 e. The third kappa shape index (κ3) is 5.93. The lowest BCUT2D eigenvalue weighted by Gasteiger charge is -2.31. The molecule has 160 valence electrons. The first-order chi connectivity index (χ1) is 13.9. The number of nitrogens with zero attached hydrogens (tertiary/aromatic N) is 1. The minimum atomic E-state index is -3.66. The van der Waals surface area contributed by atoms with Crippen molar-refractivity contribution in [2.45, 2.75) is 55.9 Å². The van der Waals surface area contributed by atoms with Gasteiger partial charge in [0.15, 0.2) is 0 Å². The van der Waals surface area contributed by atoms with Crippen LogP contribution in [0.3, 0.4) is 0 Å². The zero-order valence-electron chi connectivity index (χ0n) is 16.4. The molecular formula is C20H28ClN3O4S. The fourth-order valence-electron chi connectivity index (χ4n) is 3.94. The highest BCUT2D eigenvalue weighted by molar-refractivity contribution is 7.89. The summed E-state index contributed by atoms with van der Waals surface area (Å²) in [5.41, 5.74) is 0. The Hall–Kier alpha value is -1.64. The second kappa shape index (κ2) is 9.91. The van der Waals surface area contributed by atoms with Crippen LogP contribution in [0, 0.1) is 5.92 Å². The molecule has 1 aliphatic heterocycles. The number of amides is 2. The average molecular weight is 442 g/mol. The van der Waals surface area contributed by atoms with Crippen molar-refractivity contribution in [3.63, 3.8) is 0 Å². The maximum absolute atomic E-state index is 12.8. The highest BCUT2D eigenvalue weighted by Crippen LogP contribution is 2.25. The maximum atomic E-state index is 12.8. The fourth-order valence-corrected chi connectivity index (χ4v) is 5.59. The molecule has 1 saturated heterocycles. The number of halogens is 1. The van der Waals surface area contributed by atoms with Crippen LogP contribution in [0.5, 0.6) is 0 Å². The predicted octanol–water partition coefficient (Wildman–Crippen LogP) is 2.31. The number of sulfonamides is 1. The number of rotatable bonds is 7. The van der Waals surface area contributed by atoms with Crippen LogP contribution in [0.1, 0.15) is 44.9 Å². The predicted molar refractivity (Wildman–Crippen MR) is 111 cm³/mol. The van der Waals surface area contributed by atoms with Crippen molar-refractivity contribution in [1.82, 2.24) is 14.9 Å². The lowest BCUT2D eigenvalue weighted by molar-refractivity contribution is -0.126.